The number of aliphatic hydroxyl groups is 1. The Hall–Kier alpha value is -3.30. The largest absolute Gasteiger partial charge is 0.496 e. The number of aryl methyl sites for hydroxylation is 1. The first-order valence-electron chi connectivity index (χ1n) is 12.7. The molecular weight excluding hydrogens is 624 g/mol. The minimum Gasteiger partial charge on any atom is -0.496 e. The summed E-state index contributed by atoms with van der Waals surface area (Å²) in [6.45, 7) is 3.16. The number of benzene rings is 2. The van der Waals surface area contributed by atoms with Crippen LogP contribution in [0.15, 0.2) is 35.5 Å². The molecule has 16 heteroatoms. The maximum Gasteiger partial charge on any atom is 0.418 e. The van der Waals surface area contributed by atoms with Gasteiger partial charge in [0.15, 0.2) is 17.5 Å². The van der Waals surface area contributed by atoms with E-state index in [0.29, 0.717) is 6.61 Å². The summed E-state index contributed by atoms with van der Waals surface area (Å²) in [7, 11) is 1.22. The summed E-state index contributed by atoms with van der Waals surface area (Å²) in [6.07, 6.45) is -5.67. The zero-order valence-corrected chi connectivity index (χ0v) is 24.6. The number of aromatic nitrogens is 3. The molecule has 2 atom stereocenters. The molecule has 0 amide bonds. The minimum absolute atomic E-state index is 0.00321. The van der Waals surface area contributed by atoms with E-state index in [1.165, 1.54) is 14.0 Å². The number of nitrogens with two attached hydrogens (primary N) is 1. The number of hydrogen-bond donors (Lipinski definition) is 2. The van der Waals surface area contributed by atoms with Gasteiger partial charge in [-0.05, 0) is 32.0 Å². The van der Waals surface area contributed by atoms with Crippen LogP contribution < -0.4 is 10.5 Å². The SMILES string of the molecule is CCOCCOC(c1nc(C)nn1-c1cc(Cl)ccc1C(F)(F)F)[C@@H](O)CN=C/C(=C\N)c1c(OC)cc(Cl)c(F)c1F. The average Bonchev–Trinajstić information content (AvgIpc) is 3.34. The molecule has 234 valence electrons. The van der Waals surface area contributed by atoms with Crippen molar-refractivity contribution in [1.82, 2.24) is 14.8 Å². The van der Waals surface area contributed by atoms with E-state index >= 15 is 0 Å². The maximum absolute atomic E-state index is 14.8. The highest BCUT2D eigenvalue weighted by atomic mass is 35.5. The van der Waals surface area contributed by atoms with E-state index in [1.54, 1.807) is 6.92 Å². The van der Waals surface area contributed by atoms with E-state index in [1.807, 2.05) is 0 Å². The van der Waals surface area contributed by atoms with Crippen LogP contribution in [0.3, 0.4) is 0 Å². The normalized spacial score (nSPS) is 14.0. The quantitative estimate of drug-likeness (QED) is 0.105. The second-order valence-corrected chi connectivity index (χ2v) is 9.67. The minimum atomic E-state index is -4.77. The lowest BCUT2D eigenvalue weighted by Gasteiger charge is -2.23. The van der Waals surface area contributed by atoms with Crippen LogP contribution in [0.25, 0.3) is 11.3 Å². The highest BCUT2D eigenvalue weighted by Gasteiger charge is 2.37. The lowest BCUT2D eigenvalue weighted by Crippen LogP contribution is -2.29. The summed E-state index contributed by atoms with van der Waals surface area (Å²) in [6, 6.07) is 4.01. The summed E-state index contributed by atoms with van der Waals surface area (Å²) in [5, 5.41) is 14.7. The average molecular weight is 652 g/mol. The Bertz CT molecular complexity index is 1480. The van der Waals surface area contributed by atoms with Crippen molar-refractivity contribution in [1.29, 1.82) is 0 Å². The molecule has 0 spiro atoms. The van der Waals surface area contributed by atoms with Gasteiger partial charge in [0.25, 0.3) is 0 Å². The number of hydrogen-bond acceptors (Lipinski definition) is 8. The lowest BCUT2D eigenvalue weighted by atomic mass is 10.1. The molecule has 1 heterocycles. The molecule has 0 aliphatic rings. The number of alkyl halides is 3. The van der Waals surface area contributed by atoms with Crippen LogP contribution in [0.1, 0.15) is 35.8 Å². The van der Waals surface area contributed by atoms with Crippen molar-refractivity contribution >= 4 is 35.0 Å². The predicted octanol–water partition coefficient (Wildman–Crippen LogP) is 5.71. The molecule has 0 bridgehead atoms. The third-order valence-corrected chi connectivity index (χ3v) is 6.41. The predicted molar refractivity (Wildman–Crippen MR) is 151 cm³/mol. The second-order valence-electron chi connectivity index (χ2n) is 8.82. The molecule has 3 rings (SSSR count). The van der Waals surface area contributed by atoms with Crippen molar-refractivity contribution in [2.45, 2.75) is 32.2 Å². The molecule has 3 aromatic rings. The van der Waals surface area contributed by atoms with Crippen LogP contribution in [-0.4, -0.2) is 65.7 Å². The number of methoxy groups -OCH3 is 1. The van der Waals surface area contributed by atoms with Gasteiger partial charge in [0.05, 0.1) is 48.7 Å². The van der Waals surface area contributed by atoms with Gasteiger partial charge in [-0.15, -0.1) is 0 Å². The van der Waals surface area contributed by atoms with Gasteiger partial charge in [0.1, 0.15) is 23.8 Å². The number of ether oxygens (including phenoxy) is 3. The van der Waals surface area contributed by atoms with Gasteiger partial charge in [-0.25, -0.2) is 18.4 Å². The third-order valence-electron chi connectivity index (χ3n) is 5.90. The van der Waals surface area contributed by atoms with Crippen molar-refractivity contribution in [2.75, 3.05) is 33.5 Å². The third kappa shape index (κ3) is 8.21. The van der Waals surface area contributed by atoms with Crippen molar-refractivity contribution in [3.63, 3.8) is 0 Å². The van der Waals surface area contributed by atoms with Crippen molar-refractivity contribution in [2.24, 2.45) is 10.7 Å². The number of aliphatic hydroxyl groups excluding tert-OH is 1. The Morgan fingerprint density at radius 1 is 1.19 bits per heavy atom. The van der Waals surface area contributed by atoms with E-state index in [9.17, 15) is 27.1 Å². The van der Waals surface area contributed by atoms with Gasteiger partial charge in [-0.2, -0.15) is 18.3 Å². The van der Waals surface area contributed by atoms with Gasteiger partial charge in [0, 0.05) is 35.7 Å². The number of halogens is 7. The van der Waals surface area contributed by atoms with Crippen molar-refractivity contribution in [3.05, 3.63) is 74.9 Å². The standard InChI is InChI=1S/C27H28Cl2F5N5O4/c1-4-42-7-8-43-25(26-37-14(2)38-39(26)19-9-16(28)5-6-17(19)27(32,33)34)20(40)13-36-12-15(11-35)22-21(41-3)10-18(29)23(30)24(22)31/h5-6,9-12,20,25,40H,4,7-8,13,35H2,1-3H3/b15-11+,36-12?/t20-,25?/m0/s1. The lowest BCUT2D eigenvalue weighted by molar-refractivity contribution is -0.137. The second kappa shape index (κ2) is 14.9. The monoisotopic (exact) mass is 651 g/mol. The fourth-order valence-electron chi connectivity index (χ4n) is 4.00. The number of aliphatic imine (C=N–C) groups is 1. The van der Waals surface area contributed by atoms with Crippen LogP contribution >= 0.6 is 23.2 Å². The Balaban J connectivity index is 2.00. The first-order chi connectivity index (χ1) is 20.3. The summed E-state index contributed by atoms with van der Waals surface area (Å²) < 4.78 is 87.7. The van der Waals surface area contributed by atoms with Gasteiger partial charge < -0.3 is 25.1 Å². The van der Waals surface area contributed by atoms with Crippen LogP contribution in [-0.2, 0) is 15.7 Å². The Labute approximate surface area is 253 Å². The molecule has 1 unspecified atom stereocenters. The first-order valence-corrected chi connectivity index (χ1v) is 13.4. The maximum atomic E-state index is 14.8. The van der Waals surface area contributed by atoms with Gasteiger partial charge in [0.2, 0.25) is 0 Å². The molecule has 0 saturated carbocycles. The molecule has 1 aromatic heterocycles. The molecular formula is C27H28Cl2F5N5O4. The molecule has 0 aliphatic heterocycles. The van der Waals surface area contributed by atoms with Crippen molar-refractivity contribution in [3.8, 4) is 11.4 Å². The zero-order chi connectivity index (χ0) is 31.9. The molecule has 0 radical (unpaired) electrons. The molecule has 43 heavy (non-hydrogen) atoms. The fourth-order valence-corrected chi connectivity index (χ4v) is 4.35. The summed E-state index contributed by atoms with van der Waals surface area (Å²) in [4.78, 5) is 8.32. The molecule has 3 N–H and O–H groups in total. The van der Waals surface area contributed by atoms with Crippen LogP contribution in [0.2, 0.25) is 10.0 Å². The van der Waals surface area contributed by atoms with Crippen LogP contribution in [0.5, 0.6) is 5.75 Å². The first kappa shape index (κ1) is 34.2. The Kier molecular flexibility index (Phi) is 11.9. The van der Waals surface area contributed by atoms with E-state index in [2.05, 4.69) is 15.1 Å². The number of rotatable bonds is 13. The van der Waals surface area contributed by atoms with E-state index in [-0.39, 0.29) is 46.8 Å². The van der Waals surface area contributed by atoms with E-state index in [4.69, 9.17) is 43.1 Å². The number of allylic oxidation sites excluding steroid dienone is 1. The smallest absolute Gasteiger partial charge is 0.418 e. The van der Waals surface area contributed by atoms with E-state index < -0.39 is 52.8 Å². The van der Waals surface area contributed by atoms with Gasteiger partial charge in [-0.3, -0.25) is 4.99 Å². The summed E-state index contributed by atoms with van der Waals surface area (Å²) in [5.41, 5.74) is 3.67. The Morgan fingerprint density at radius 2 is 1.91 bits per heavy atom. The molecule has 0 saturated heterocycles. The van der Waals surface area contributed by atoms with Gasteiger partial charge in [-0.1, -0.05) is 23.2 Å². The topological polar surface area (TPSA) is 117 Å². The fraction of sp³-hybridized carbons (Fsp3) is 0.370. The summed E-state index contributed by atoms with van der Waals surface area (Å²) >= 11 is 11.7. The van der Waals surface area contributed by atoms with Crippen molar-refractivity contribution < 1.29 is 41.3 Å². The number of nitrogens with zero attached hydrogens (tertiary/aromatic N) is 4. The summed E-state index contributed by atoms with van der Waals surface area (Å²) in [5.74, 6) is -2.89. The molecule has 0 fully saturated rings. The highest BCUT2D eigenvalue weighted by Crippen LogP contribution is 2.37. The molecule has 9 nitrogen and oxygen atoms in total. The zero-order valence-electron chi connectivity index (χ0n) is 23.1. The highest BCUT2D eigenvalue weighted by molar-refractivity contribution is 6.31. The molecule has 0 aliphatic carbocycles. The van der Waals surface area contributed by atoms with Crippen LogP contribution in [0, 0.1) is 18.6 Å². The van der Waals surface area contributed by atoms with Gasteiger partial charge >= 0.3 is 6.18 Å². The molecule has 2 aromatic carbocycles. The van der Waals surface area contributed by atoms with E-state index in [0.717, 1.165) is 41.4 Å². The van der Waals surface area contributed by atoms with Crippen LogP contribution in [0.4, 0.5) is 22.0 Å². The Morgan fingerprint density at radius 3 is 2.53 bits per heavy atom.